The van der Waals surface area contributed by atoms with Crippen molar-refractivity contribution in [3.63, 3.8) is 0 Å². The van der Waals surface area contributed by atoms with Crippen molar-refractivity contribution in [2.24, 2.45) is 0 Å². The van der Waals surface area contributed by atoms with E-state index in [4.69, 9.17) is 4.74 Å². The SMILES string of the molecule is CCC(C)(C)NCCOCCC(F)(F)F. The lowest BCUT2D eigenvalue weighted by molar-refractivity contribution is -0.145. The van der Waals surface area contributed by atoms with Gasteiger partial charge in [-0.05, 0) is 20.3 Å². The molecule has 0 aliphatic carbocycles. The summed E-state index contributed by atoms with van der Waals surface area (Å²) in [6.07, 6.45) is -4.02. The molecule has 5 heteroatoms. The number of hydrogen-bond acceptors (Lipinski definition) is 2. The zero-order chi connectivity index (χ0) is 11.9. The minimum Gasteiger partial charge on any atom is -0.380 e. The predicted octanol–water partition coefficient (Wildman–Crippen LogP) is 2.73. The largest absolute Gasteiger partial charge is 0.391 e. The molecule has 0 spiro atoms. The lowest BCUT2D eigenvalue weighted by Crippen LogP contribution is -2.40. The number of halogens is 3. The van der Waals surface area contributed by atoms with Gasteiger partial charge in [0.1, 0.15) is 0 Å². The van der Waals surface area contributed by atoms with Crippen LogP contribution in [-0.2, 0) is 4.74 Å². The maximum Gasteiger partial charge on any atom is 0.391 e. The molecule has 0 heterocycles. The van der Waals surface area contributed by atoms with Crippen LogP contribution in [0.15, 0.2) is 0 Å². The van der Waals surface area contributed by atoms with Crippen molar-refractivity contribution in [3.8, 4) is 0 Å². The van der Waals surface area contributed by atoms with E-state index in [1.54, 1.807) is 0 Å². The fourth-order valence-corrected chi connectivity index (χ4v) is 0.877. The zero-order valence-electron chi connectivity index (χ0n) is 9.58. The monoisotopic (exact) mass is 227 g/mol. The first-order chi connectivity index (χ1) is 6.77. The second-order valence-corrected chi connectivity index (χ2v) is 4.14. The summed E-state index contributed by atoms with van der Waals surface area (Å²) in [5, 5.41) is 3.20. The Labute approximate surface area is 89.2 Å². The predicted molar refractivity (Wildman–Crippen MR) is 53.9 cm³/mol. The van der Waals surface area contributed by atoms with E-state index in [0.29, 0.717) is 13.2 Å². The van der Waals surface area contributed by atoms with Crippen molar-refractivity contribution in [2.75, 3.05) is 19.8 Å². The van der Waals surface area contributed by atoms with Crippen LogP contribution in [0, 0.1) is 0 Å². The summed E-state index contributed by atoms with van der Waals surface area (Å²) in [7, 11) is 0. The Morgan fingerprint density at radius 2 is 1.73 bits per heavy atom. The van der Waals surface area contributed by atoms with Crippen LogP contribution in [0.2, 0.25) is 0 Å². The third-order valence-corrected chi connectivity index (χ3v) is 2.26. The van der Waals surface area contributed by atoms with Gasteiger partial charge in [-0.3, -0.25) is 0 Å². The van der Waals surface area contributed by atoms with Gasteiger partial charge < -0.3 is 10.1 Å². The lowest BCUT2D eigenvalue weighted by Gasteiger charge is -2.24. The van der Waals surface area contributed by atoms with Crippen molar-refractivity contribution in [1.82, 2.24) is 5.32 Å². The number of nitrogens with one attached hydrogen (secondary N) is 1. The second-order valence-electron chi connectivity index (χ2n) is 4.14. The molecule has 1 N–H and O–H groups in total. The highest BCUT2D eigenvalue weighted by atomic mass is 19.4. The van der Waals surface area contributed by atoms with Gasteiger partial charge in [-0.2, -0.15) is 13.2 Å². The van der Waals surface area contributed by atoms with Crippen molar-refractivity contribution < 1.29 is 17.9 Å². The number of hydrogen-bond donors (Lipinski definition) is 1. The normalized spacial score (nSPS) is 13.2. The maximum atomic E-state index is 11.7. The molecule has 0 aliphatic rings. The first-order valence-electron chi connectivity index (χ1n) is 5.16. The molecule has 0 atom stereocenters. The van der Waals surface area contributed by atoms with Gasteiger partial charge in [0.2, 0.25) is 0 Å². The van der Waals surface area contributed by atoms with Crippen LogP contribution in [0.1, 0.15) is 33.6 Å². The molecule has 92 valence electrons. The van der Waals surface area contributed by atoms with Gasteiger partial charge in [0.15, 0.2) is 0 Å². The van der Waals surface area contributed by atoms with Crippen molar-refractivity contribution >= 4 is 0 Å². The van der Waals surface area contributed by atoms with Crippen LogP contribution in [0.5, 0.6) is 0 Å². The van der Waals surface area contributed by atoms with Gasteiger partial charge in [-0.25, -0.2) is 0 Å². The standard InChI is InChI=1S/C10H20F3NO/c1-4-9(2,3)14-6-8-15-7-5-10(11,12)13/h14H,4-8H2,1-3H3. The van der Waals surface area contributed by atoms with E-state index in [-0.39, 0.29) is 12.1 Å². The van der Waals surface area contributed by atoms with E-state index in [1.807, 2.05) is 13.8 Å². The maximum absolute atomic E-state index is 11.7. The molecule has 0 aromatic rings. The number of alkyl halides is 3. The molecule has 0 fully saturated rings. The van der Waals surface area contributed by atoms with Crippen LogP contribution in [-0.4, -0.2) is 31.5 Å². The minimum atomic E-state index is -4.11. The van der Waals surface area contributed by atoms with E-state index in [0.717, 1.165) is 6.42 Å². The van der Waals surface area contributed by atoms with Gasteiger partial charge in [0, 0.05) is 12.1 Å². The summed E-state index contributed by atoms with van der Waals surface area (Å²) in [6.45, 7) is 6.79. The topological polar surface area (TPSA) is 21.3 Å². The molecular weight excluding hydrogens is 207 g/mol. The highest BCUT2D eigenvalue weighted by molar-refractivity contribution is 4.74. The second kappa shape index (κ2) is 6.33. The molecule has 0 bridgehead atoms. The molecule has 0 aromatic carbocycles. The Hall–Kier alpha value is -0.290. The zero-order valence-corrected chi connectivity index (χ0v) is 9.58. The van der Waals surface area contributed by atoms with Crippen LogP contribution in [0.25, 0.3) is 0 Å². The summed E-state index contributed by atoms with van der Waals surface area (Å²) in [6, 6.07) is 0. The van der Waals surface area contributed by atoms with E-state index in [2.05, 4.69) is 12.2 Å². The first kappa shape index (κ1) is 14.7. The van der Waals surface area contributed by atoms with Crippen LogP contribution in [0.4, 0.5) is 13.2 Å². The van der Waals surface area contributed by atoms with E-state index < -0.39 is 12.6 Å². The molecule has 2 nitrogen and oxygen atoms in total. The van der Waals surface area contributed by atoms with Crippen molar-refractivity contribution in [1.29, 1.82) is 0 Å². The summed E-state index contributed by atoms with van der Waals surface area (Å²) in [5.74, 6) is 0. The van der Waals surface area contributed by atoms with Crippen molar-refractivity contribution in [3.05, 3.63) is 0 Å². The lowest BCUT2D eigenvalue weighted by atomic mass is 10.0. The van der Waals surface area contributed by atoms with Crippen LogP contribution < -0.4 is 5.32 Å². The molecule has 0 saturated heterocycles. The summed E-state index contributed by atoms with van der Waals surface area (Å²) in [5.41, 5.74) is 0.0212. The van der Waals surface area contributed by atoms with E-state index in [1.165, 1.54) is 0 Å². The Kier molecular flexibility index (Phi) is 6.20. The number of ether oxygens (including phenoxy) is 1. The quantitative estimate of drug-likeness (QED) is 0.675. The third-order valence-electron chi connectivity index (χ3n) is 2.26. The van der Waals surface area contributed by atoms with E-state index >= 15 is 0 Å². The average Bonchev–Trinajstić information content (AvgIpc) is 2.09. The third kappa shape index (κ3) is 10.0. The Balaban J connectivity index is 3.33. The summed E-state index contributed by atoms with van der Waals surface area (Å²) >= 11 is 0. The smallest absolute Gasteiger partial charge is 0.380 e. The summed E-state index contributed by atoms with van der Waals surface area (Å²) < 4.78 is 40.0. The number of rotatable bonds is 7. The highest BCUT2D eigenvalue weighted by Crippen LogP contribution is 2.18. The van der Waals surface area contributed by atoms with Gasteiger partial charge in [-0.15, -0.1) is 0 Å². The minimum absolute atomic E-state index is 0.0212. The molecule has 0 radical (unpaired) electrons. The highest BCUT2D eigenvalue weighted by Gasteiger charge is 2.26. The fraction of sp³-hybridized carbons (Fsp3) is 1.00. The molecule has 0 aromatic heterocycles. The summed E-state index contributed by atoms with van der Waals surface area (Å²) in [4.78, 5) is 0. The van der Waals surface area contributed by atoms with Crippen molar-refractivity contribution in [2.45, 2.75) is 45.3 Å². The Bertz CT molecular complexity index is 169. The van der Waals surface area contributed by atoms with Gasteiger partial charge in [0.25, 0.3) is 0 Å². The molecule has 15 heavy (non-hydrogen) atoms. The molecule has 0 rings (SSSR count). The average molecular weight is 227 g/mol. The molecule has 0 amide bonds. The Morgan fingerprint density at radius 1 is 1.13 bits per heavy atom. The molecular formula is C10H20F3NO. The first-order valence-corrected chi connectivity index (χ1v) is 5.16. The molecule has 0 aliphatic heterocycles. The molecule has 0 saturated carbocycles. The van der Waals surface area contributed by atoms with Gasteiger partial charge in [0.05, 0.1) is 19.6 Å². The Morgan fingerprint density at radius 3 is 2.20 bits per heavy atom. The van der Waals surface area contributed by atoms with E-state index in [9.17, 15) is 13.2 Å². The molecule has 0 unspecified atom stereocenters. The van der Waals surface area contributed by atoms with Gasteiger partial charge in [-0.1, -0.05) is 6.92 Å². The van der Waals surface area contributed by atoms with Crippen LogP contribution >= 0.6 is 0 Å². The fourth-order valence-electron chi connectivity index (χ4n) is 0.877. The van der Waals surface area contributed by atoms with Gasteiger partial charge >= 0.3 is 6.18 Å². The van der Waals surface area contributed by atoms with Crippen LogP contribution in [0.3, 0.4) is 0 Å².